The molecule has 0 amide bonds. The number of rotatable bonds is 3. The van der Waals surface area contributed by atoms with E-state index < -0.39 is 0 Å². The molecule has 17 heavy (non-hydrogen) atoms. The SMILES string of the molecule is CCC(N)c1nc(C2CSC(C)C(C)S2)no1. The molecule has 6 heteroatoms. The lowest BCUT2D eigenvalue weighted by atomic mass is 10.2. The van der Waals surface area contributed by atoms with Gasteiger partial charge in [-0.2, -0.15) is 16.7 Å². The number of hydrogen-bond donors (Lipinski definition) is 1. The fourth-order valence-corrected chi connectivity index (χ4v) is 4.46. The highest BCUT2D eigenvalue weighted by Gasteiger charge is 2.30. The van der Waals surface area contributed by atoms with Crippen LogP contribution in [0.3, 0.4) is 0 Å². The number of nitrogens with zero attached hydrogens (tertiary/aromatic N) is 2. The summed E-state index contributed by atoms with van der Waals surface area (Å²) in [6.45, 7) is 6.55. The number of aromatic nitrogens is 2. The van der Waals surface area contributed by atoms with Crippen molar-refractivity contribution in [1.82, 2.24) is 10.1 Å². The molecule has 2 N–H and O–H groups in total. The third-order valence-electron chi connectivity index (χ3n) is 3.05. The Labute approximate surface area is 110 Å². The van der Waals surface area contributed by atoms with E-state index in [1.807, 2.05) is 30.4 Å². The second kappa shape index (κ2) is 5.63. The summed E-state index contributed by atoms with van der Waals surface area (Å²) < 4.78 is 5.22. The lowest BCUT2D eigenvalue weighted by Gasteiger charge is -2.29. The van der Waals surface area contributed by atoms with Gasteiger partial charge in [0.25, 0.3) is 0 Å². The Kier molecular flexibility index (Phi) is 4.38. The van der Waals surface area contributed by atoms with Crippen LogP contribution in [-0.2, 0) is 0 Å². The van der Waals surface area contributed by atoms with Gasteiger partial charge in [-0.25, -0.2) is 0 Å². The highest BCUT2D eigenvalue weighted by Crippen LogP contribution is 2.43. The quantitative estimate of drug-likeness (QED) is 0.913. The van der Waals surface area contributed by atoms with Crippen molar-refractivity contribution in [2.24, 2.45) is 5.73 Å². The molecule has 1 aromatic rings. The first-order chi connectivity index (χ1) is 8.11. The highest BCUT2D eigenvalue weighted by atomic mass is 32.2. The minimum Gasteiger partial charge on any atom is -0.338 e. The molecular formula is C11H19N3OS2. The van der Waals surface area contributed by atoms with E-state index in [0.29, 0.717) is 21.6 Å². The van der Waals surface area contributed by atoms with E-state index in [1.54, 1.807) is 0 Å². The van der Waals surface area contributed by atoms with Crippen molar-refractivity contribution < 1.29 is 4.52 Å². The van der Waals surface area contributed by atoms with Crippen molar-refractivity contribution in [3.05, 3.63) is 11.7 Å². The summed E-state index contributed by atoms with van der Waals surface area (Å²) >= 11 is 3.91. The zero-order valence-electron chi connectivity index (χ0n) is 10.4. The highest BCUT2D eigenvalue weighted by molar-refractivity contribution is 8.07. The summed E-state index contributed by atoms with van der Waals surface area (Å²) in [5.74, 6) is 2.43. The average molecular weight is 273 g/mol. The van der Waals surface area contributed by atoms with Crippen molar-refractivity contribution in [3.63, 3.8) is 0 Å². The summed E-state index contributed by atoms with van der Waals surface area (Å²) in [7, 11) is 0. The van der Waals surface area contributed by atoms with Crippen molar-refractivity contribution in [1.29, 1.82) is 0 Å². The smallest absolute Gasteiger partial charge is 0.243 e. The van der Waals surface area contributed by atoms with Crippen LogP contribution in [0.1, 0.15) is 50.2 Å². The third-order valence-corrected chi connectivity index (χ3v) is 6.44. The van der Waals surface area contributed by atoms with Crippen LogP contribution in [0, 0.1) is 0 Å². The summed E-state index contributed by atoms with van der Waals surface area (Å²) in [6, 6.07) is -0.131. The fourth-order valence-electron chi connectivity index (χ4n) is 1.62. The van der Waals surface area contributed by atoms with Crippen LogP contribution in [0.15, 0.2) is 4.52 Å². The predicted octanol–water partition coefficient (Wildman–Crippen LogP) is 2.78. The van der Waals surface area contributed by atoms with Gasteiger partial charge in [0.1, 0.15) is 0 Å². The predicted molar refractivity (Wildman–Crippen MR) is 73.2 cm³/mol. The summed E-state index contributed by atoms with van der Waals surface area (Å²) in [5, 5.41) is 5.73. The van der Waals surface area contributed by atoms with Crippen molar-refractivity contribution in [2.45, 2.75) is 49.0 Å². The van der Waals surface area contributed by atoms with Crippen LogP contribution in [0.5, 0.6) is 0 Å². The molecule has 0 aromatic carbocycles. The van der Waals surface area contributed by atoms with E-state index in [2.05, 4.69) is 24.0 Å². The maximum absolute atomic E-state index is 5.88. The number of hydrogen-bond acceptors (Lipinski definition) is 6. The summed E-state index contributed by atoms with van der Waals surface area (Å²) in [4.78, 5) is 4.43. The van der Waals surface area contributed by atoms with Gasteiger partial charge in [0.2, 0.25) is 5.89 Å². The van der Waals surface area contributed by atoms with Crippen molar-refractivity contribution >= 4 is 23.5 Å². The van der Waals surface area contributed by atoms with E-state index in [1.165, 1.54) is 0 Å². The van der Waals surface area contributed by atoms with E-state index >= 15 is 0 Å². The Morgan fingerprint density at radius 3 is 2.88 bits per heavy atom. The molecule has 2 rings (SSSR count). The Morgan fingerprint density at radius 2 is 2.24 bits per heavy atom. The van der Waals surface area contributed by atoms with E-state index in [0.717, 1.165) is 18.0 Å². The van der Waals surface area contributed by atoms with Gasteiger partial charge in [0, 0.05) is 16.3 Å². The van der Waals surface area contributed by atoms with Crippen LogP contribution >= 0.6 is 23.5 Å². The Morgan fingerprint density at radius 1 is 1.47 bits per heavy atom. The van der Waals surface area contributed by atoms with E-state index in [4.69, 9.17) is 10.3 Å². The van der Waals surface area contributed by atoms with Gasteiger partial charge in [-0.1, -0.05) is 25.9 Å². The normalized spacial score (nSPS) is 31.4. The molecule has 4 unspecified atom stereocenters. The summed E-state index contributed by atoms with van der Waals surface area (Å²) in [5.41, 5.74) is 5.88. The van der Waals surface area contributed by atoms with Gasteiger partial charge in [0.15, 0.2) is 5.82 Å². The van der Waals surface area contributed by atoms with Crippen LogP contribution in [-0.4, -0.2) is 26.4 Å². The minimum absolute atomic E-state index is 0.131. The molecule has 1 aliphatic heterocycles. The molecule has 0 spiro atoms. The molecule has 1 saturated heterocycles. The molecule has 1 aliphatic rings. The maximum atomic E-state index is 5.88. The first-order valence-electron chi connectivity index (χ1n) is 5.98. The van der Waals surface area contributed by atoms with Crippen LogP contribution in [0.25, 0.3) is 0 Å². The molecule has 1 aromatic heterocycles. The lowest BCUT2D eigenvalue weighted by molar-refractivity contribution is 0.348. The molecule has 0 radical (unpaired) electrons. The molecule has 2 heterocycles. The first kappa shape index (κ1) is 13.2. The number of nitrogens with two attached hydrogens (primary N) is 1. The van der Waals surface area contributed by atoms with Gasteiger partial charge in [-0.05, 0) is 6.42 Å². The fraction of sp³-hybridized carbons (Fsp3) is 0.818. The van der Waals surface area contributed by atoms with Gasteiger partial charge >= 0.3 is 0 Å². The molecule has 0 saturated carbocycles. The Balaban J connectivity index is 2.05. The maximum Gasteiger partial charge on any atom is 0.243 e. The second-order valence-corrected chi connectivity index (χ2v) is 7.37. The molecule has 4 nitrogen and oxygen atoms in total. The number of thioether (sulfide) groups is 2. The molecule has 0 aliphatic carbocycles. The Bertz CT molecular complexity index is 371. The minimum atomic E-state index is -0.131. The molecule has 96 valence electrons. The van der Waals surface area contributed by atoms with Crippen molar-refractivity contribution in [2.75, 3.05) is 5.75 Å². The largest absolute Gasteiger partial charge is 0.338 e. The lowest BCUT2D eigenvalue weighted by Crippen LogP contribution is -2.22. The molecule has 4 atom stereocenters. The molecular weight excluding hydrogens is 254 g/mol. The van der Waals surface area contributed by atoms with Crippen LogP contribution in [0.2, 0.25) is 0 Å². The van der Waals surface area contributed by atoms with Gasteiger partial charge < -0.3 is 10.3 Å². The molecule has 1 fully saturated rings. The Hall–Kier alpha value is -0.200. The van der Waals surface area contributed by atoms with Crippen LogP contribution in [0.4, 0.5) is 0 Å². The van der Waals surface area contributed by atoms with Crippen molar-refractivity contribution in [3.8, 4) is 0 Å². The zero-order chi connectivity index (χ0) is 12.4. The first-order valence-corrected chi connectivity index (χ1v) is 7.97. The van der Waals surface area contributed by atoms with Gasteiger partial charge in [-0.15, -0.1) is 11.8 Å². The average Bonchev–Trinajstić information content (AvgIpc) is 2.81. The standard InChI is InChI=1S/C11H19N3OS2/c1-4-8(12)11-13-10(14-15-11)9-5-16-6(2)7(3)17-9/h6-9H,4-5,12H2,1-3H3. The molecule has 0 bridgehead atoms. The third kappa shape index (κ3) is 2.98. The topological polar surface area (TPSA) is 64.9 Å². The van der Waals surface area contributed by atoms with Gasteiger partial charge in [-0.3, -0.25) is 0 Å². The summed E-state index contributed by atoms with van der Waals surface area (Å²) in [6.07, 6.45) is 0.821. The van der Waals surface area contributed by atoms with Crippen LogP contribution < -0.4 is 5.73 Å². The van der Waals surface area contributed by atoms with E-state index in [9.17, 15) is 0 Å². The monoisotopic (exact) mass is 273 g/mol. The second-order valence-electron chi connectivity index (χ2n) is 4.37. The van der Waals surface area contributed by atoms with Gasteiger partial charge in [0.05, 0.1) is 11.3 Å². The zero-order valence-corrected chi connectivity index (χ0v) is 12.1. The van der Waals surface area contributed by atoms with E-state index in [-0.39, 0.29) is 6.04 Å².